The van der Waals surface area contributed by atoms with Crippen LogP contribution in [0, 0.1) is 0 Å². The first-order chi connectivity index (χ1) is 25.8. The first-order valence-electron chi connectivity index (χ1n) is 17.6. The molecule has 0 aliphatic rings. The van der Waals surface area contributed by atoms with Gasteiger partial charge in [0.15, 0.2) is 11.5 Å². The van der Waals surface area contributed by atoms with E-state index in [-0.39, 0.29) is 16.9 Å². The van der Waals surface area contributed by atoms with Crippen LogP contribution in [0.25, 0.3) is 108 Å². The smallest absolute Gasteiger partial charge is 0.335 e. The van der Waals surface area contributed by atoms with Crippen LogP contribution in [0.15, 0.2) is 152 Å². The monoisotopic (exact) mass is 680 g/mol. The van der Waals surface area contributed by atoms with E-state index in [0.717, 1.165) is 38.4 Å². The van der Waals surface area contributed by atoms with Gasteiger partial charge in [-0.2, -0.15) is 0 Å². The zero-order valence-corrected chi connectivity index (χ0v) is 28.2. The van der Waals surface area contributed by atoms with Crippen LogP contribution in [0.4, 0.5) is 0 Å². The molecule has 4 heteroatoms. The average molecular weight is 681 g/mol. The number of carboxylic acid groups (broad SMARTS) is 1. The molecular formula is C49H28O4. The van der Waals surface area contributed by atoms with Crippen LogP contribution in [-0.4, -0.2) is 21.3 Å². The second kappa shape index (κ2) is 10.7. The van der Waals surface area contributed by atoms with Gasteiger partial charge < -0.3 is 15.3 Å². The highest BCUT2D eigenvalue weighted by atomic mass is 16.4. The highest BCUT2D eigenvalue weighted by Crippen LogP contribution is 2.42. The minimum atomic E-state index is -1.18. The molecule has 0 radical (unpaired) electrons. The molecule has 3 N–H and O–H groups in total. The van der Waals surface area contributed by atoms with Gasteiger partial charge in [-0.1, -0.05) is 54.6 Å². The van der Waals surface area contributed by atoms with Crippen LogP contribution >= 0.6 is 0 Å². The number of carboxylic acids is 1. The summed E-state index contributed by atoms with van der Waals surface area (Å²) in [6, 6.07) is 52.8. The molecule has 11 aromatic rings. The predicted molar refractivity (Wildman–Crippen MR) is 220 cm³/mol. The molecule has 0 amide bonds. The van der Waals surface area contributed by atoms with Crippen LogP contribution in [-0.2, 0) is 0 Å². The molecule has 0 aliphatic carbocycles. The SMILES string of the molecule is O=C(O)c1cc(O)c(O)c(-c2cccc3cc4cc5cc6ccc7cc8cc9cc%10cc%11ccccc%11cc%10cc9cc8cc7c6cc5cc4cc23)c1. The molecule has 0 aliphatic heterocycles. The Morgan fingerprint density at radius 3 is 1.19 bits per heavy atom. The fraction of sp³-hybridized carbons (Fsp3) is 0. The zero-order valence-electron chi connectivity index (χ0n) is 28.2. The summed E-state index contributed by atoms with van der Waals surface area (Å²) in [5, 5.41) is 51.6. The van der Waals surface area contributed by atoms with Crippen molar-refractivity contribution in [2.45, 2.75) is 0 Å². The van der Waals surface area contributed by atoms with E-state index in [1.807, 2.05) is 18.2 Å². The first-order valence-corrected chi connectivity index (χ1v) is 17.6. The second-order valence-electron chi connectivity index (χ2n) is 14.3. The maximum Gasteiger partial charge on any atom is 0.335 e. The molecule has 0 fully saturated rings. The zero-order chi connectivity index (χ0) is 35.5. The number of aromatic hydroxyl groups is 2. The number of rotatable bonds is 2. The van der Waals surface area contributed by atoms with Crippen molar-refractivity contribution in [3.8, 4) is 22.6 Å². The lowest BCUT2D eigenvalue weighted by Gasteiger charge is -2.13. The highest BCUT2D eigenvalue weighted by molar-refractivity contribution is 6.19. The number of phenols is 2. The number of phenolic OH excluding ortho intramolecular Hbond substituents is 2. The van der Waals surface area contributed by atoms with Crippen LogP contribution < -0.4 is 0 Å². The van der Waals surface area contributed by atoms with Crippen molar-refractivity contribution in [1.82, 2.24) is 0 Å². The Bertz CT molecular complexity index is 3450. The molecular weight excluding hydrogens is 653 g/mol. The van der Waals surface area contributed by atoms with E-state index in [0.29, 0.717) is 5.56 Å². The molecule has 11 aromatic carbocycles. The number of fused-ring (bicyclic) bond motifs is 10. The van der Waals surface area contributed by atoms with Gasteiger partial charge in [-0.3, -0.25) is 0 Å². The topological polar surface area (TPSA) is 77.8 Å². The molecule has 0 saturated heterocycles. The standard InChI is InChI=1S/C49H28O4/c50-47-25-41(49(52)53)24-46(48(47)51)42-7-3-6-28-12-33-17-34-13-29-8-9-30-14-35-18-36-15-31-10-26-4-1-2-5-27(26)11-32(31)16-37(36)19-38(35)22-44(30)45(29)23-40(34)20-39(33)21-43(28)42/h1-25,50-51H,(H,52,53). The molecule has 0 bridgehead atoms. The van der Waals surface area contributed by atoms with Crippen molar-refractivity contribution in [3.05, 3.63) is 157 Å². The lowest BCUT2D eigenvalue weighted by Crippen LogP contribution is -1.97. The summed E-state index contributed by atoms with van der Waals surface area (Å²) in [4.78, 5) is 11.8. The minimum Gasteiger partial charge on any atom is -0.504 e. The maximum atomic E-state index is 11.8. The van der Waals surface area contributed by atoms with Gasteiger partial charge in [-0.15, -0.1) is 0 Å². The molecule has 0 saturated carbocycles. The Morgan fingerprint density at radius 2 is 0.717 bits per heavy atom. The predicted octanol–water partition coefficient (Wildman–Crippen LogP) is 12.8. The molecule has 0 heterocycles. The normalized spacial score (nSPS) is 12.1. The van der Waals surface area contributed by atoms with Crippen molar-refractivity contribution in [1.29, 1.82) is 0 Å². The Balaban J connectivity index is 1.10. The van der Waals surface area contributed by atoms with Gasteiger partial charge in [0.1, 0.15) is 0 Å². The summed E-state index contributed by atoms with van der Waals surface area (Å²) < 4.78 is 0. The lowest BCUT2D eigenvalue weighted by atomic mass is 9.91. The first kappa shape index (κ1) is 29.5. The van der Waals surface area contributed by atoms with Crippen LogP contribution in [0.5, 0.6) is 11.5 Å². The molecule has 0 spiro atoms. The van der Waals surface area contributed by atoms with Crippen LogP contribution in [0.2, 0.25) is 0 Å². The number of hydrogen-bond donors (Lipinski definition) is 3. The molecule has 11 rings (SSSR count). The summed E-state index contributed by atoms with van der Waals surface area (Å²) in [6.07, 6.45) is 0. The van der Waals surface area contributed by atoms with Crippen LogP contribution in [0.1, 0.15) is 10.4 Å². The van der Waals surface area contributed by atoms with Crippen molar-refractivity contribution in [3.63, 3.8) is 0 Å². The molecule has 53 heavy (non-hydrogen) atoms. The number of hydrogen-bond acceptors (Lipinski definition) is 3. The van der Waals surface area contributed by atoms with Gasteiger partial charge in [0, 0.05) is 5.56 Å². The van der Waals surface area contributed by atoms with Gasteiger partial charge in [0.2, 0.25) is 0 Å². The van der Waals surface area contributed by atoms with E-state index in [1.165, 1.54) is 70.7 Å². The summed E-state index contributed by atoms with van der Waals surface area (Å²) >= 11 is 0. The van der Waals surface area contributed by atoms with E-state index >= 15 is 0 Å². The third kappa shape index (κ3) is 4.52. The number of aromatic carboxylic acids is 1. The number of benzene rings is 11. The molecule has 248 valence electrons. The Labute approximate surface area is 302 Å². The van der Waals surface area contributed by atoms with Crippen molar-refractivity contribution < 1.29 is 20.1 Å². The van der Waals surface area contributed by atoms with Crippen molar-refractivity contribution >= 4 is 103 Å². The third-order valence-electron chi connectivity index (χ3n) is 11.1. The Morgan fingerprint density at radius 1 is 0.340 bits per heavy atom. The molecule has 0 aromatic heterocycles. The Kier molecular flexibility index (Phi) is 5.95. The maximum absolute atomic E-state index is 11.8. The molecule has 4 nitrogen and oxygen atoms in total. The Hall–Kier alpha value is -7.17. The number of carbonyl (C=O) groups is 1. The largest absolute Gasteiger partial charge is 0.504 e. The van der Waals surface area contributed by atoms with Crippen LogP contribution in [0.3, 0.4) is 0 Å². The lowest BCUT2D eigenvalue weighted by molar-refractivity contribution is 0.0696. The molecule has 0 unspecified atom stereocenters. The summed E-state index contributed by atoms with van der Waals surface area (Å²) in [7, 11) is 0. The van der Waals surface area contributed by atoms with Crippen molar-refractivity contribution in [2.75, 3.05) is 0 Å². The fourth-order valence-electron chi connectivity index (χ4n) is 8.46. The highest BCUT2D eigenvalue weighted by Gasteiger charge is 2.17. The van der Waals surface area contributed by atoms with Crippen molar-refractivity contribution in [2.24, 2.45) is 0 Å². The van der Waals surface area contributed by atoms with E-state index in [9.17, 15) is 20.1 Å². The van der Waals surface area contributed by atoms with E-state index in [4.69, 9.17) is 0 Å². The van der Waals surface area contributed by atoms with Gasteiger partial charge in [0.25, 0.3) is 0 Å². The average Bonchev–Trinajstić information content (AvgIpc) is 3.16. The third-order valence-corrected chi connectivity index (χ3v) is 11.1. The summed E-state index contributed by atoms with van der Waals surface area (Å²) in [5.74, 6) is -1.99. The fourth-order valence-corrected chi connectivity index (χ4v) is 8.46. The van der Waals surface area contributed by atoms with E-state index in [2.05, 4.69) is 121 Å². The summed E-state index contributed by atoms with van der Waals surface area (Å²) in [6.45, 7) is 0. The van der Waals surface area contributed by atoms with E-state index < -0.39 is 11.7 Å². The second-order valence-corrected chi connectivity index (χ2v) is 14.3. The van der Waals surface area contributed by atoms with Gasteiger partial charge >= 0.3 is 5.97 Å². The minimum absolute atomic E-state index is 0.0959. The van der Waals surface area contributed by atoms with E-state index in [1.54, 1.807) is 0 Å². The van der Waals surface area contributed by atoms with Gasteiger partial charge in [-0.25, -0.2) is 4.79 Å². The van der Waals surface area contributed by atoms with Gasteiger partial charge in [-0.05, 0) is 200 Å². The molecule has 0 atom stereocenters. The summed E-state index contributed by atoms with van der Waals surface area (Å²) in [5.41, 5.74) is 0.819. The quantitative estimate of drug-likeness (QED) is 0.0965. The van der Waals surface area contributed by atoms with Gasteiger partial charge in [0.05, 0.1) is 5.56 Å².